The highest BCUT2D eigenvalue weighted by Gasteiger charge is 2.23. The fourth-order valence-corrected chi connectivity index (χ4v) is 5.02. The topological polar surface area (TPSA) is 46.1 Å². The van der Waals surface area contributed by atoms with E-state index in [0.29, 0.717) is 22.3 Å². The van der Waals surface area contributed by atoms with E-state index >= 15 is 0 Å². The van der Waals surface area contributed by atoms with Crippen LogP contribution in [0.4, 0.5) is 5.13 Å². The third kappa shape index (κ3) is 4.36. The molecule has 7 heteroatoms. The fourth-order valence-electron chi connectivity index (χ4n) is 3.13. The summed E-state index contributed by atoms with van der Waals surface area (Å²) in [6.45, 7) is 4.39. The van der Waals surface area contributed by atoms with E-state index in [0.717, 1.165) is 32.1 Å². The monoisotopic (exact) mass is 453 g/mol. The highest BCUT2D eigenvalue weighted by atomic mass is 35.5. The third-order valence-electron chi connectivity index (χ3n) is 4.65. The molecular formula is C23H20ClN3OS2. The molecule has 2 heterocycles. The Hall–Kier alpha value is -2.41. The van der Waals surface area contributed by atoms with Crippen LogP contribution in [0.2, 0.25) is 5.02 Å². The lowest BCUT2D eigenvalue weighted by Crippen LogP contribution is -2.30. The number of nitrogens with zero attached hydrogens (tertiary/aromatic N) is 3. The number of thiazole rings is 1. The number of hydrogen-bond acceptors (Lipinski definition) is 5. The van der Waals surface area contributed by atoms with Gasteiger partial charge in [-0.25, -0.2) is 4.98 Å². The van der Waals surface area contributed by atoms with Gasteiger partial charge in [-0.2, -0.15) is 0 Å². The minimum atomic E-state index is -0.0954. The number of pyridine rings is 1. The molecule has 1 amide bonds. The van der Waals surface area contributed by atoms with Crippen LogP contribution in [0.1, 0.15) is 28.5 Å². The van der Waals surface area contributed by atoms with E-state index in [1.807, 2.05) is 61.5 Å². The van der Waals surface area contributed by atoms with E-state index < -0.39 is 0 Å². The van der Waals surface area contributed by atoms with Gasteiger partial charge in [-0.05, 0) is 60.7 Å². The summed E-state index contributed by atoms with van der Waals surface area (Å²) in [7, 11) is 0. The van der Waals surface area contributed by atoms with E-state index in [4.69, 9.17) is 16.6 Å². The summed E-state index contributed by atoms with van der Waals surface area (Å²) in [5.74, 6) is 0.856. The minimum Gasteiger partial charge on any atom is -0.278 e. The molecule has 2 aromatic heterocycles. The standard InChI is InChI=1S/C23H20ClN3OS2/c1-3-29-18-9-6-7-16(13-18)22(28)27(14-17-8-4-5-12-25-17)23-26-21-15(2)19(24)10-11-20(21)30-23/h4-13H,3,14H2,1-2H3. The maximum absolute atomic E-state index is 13.6. The van der Waals surface area contributed by atoms with Gasteiger partial charge >= 0.3 is 0 Å². The van der Waals surface area contributed by atoms with Crippen molar-refractivity contribution in [2.24, 2.45) is 0 Å². The molecule has 0 atom stereocenters. The Kier molecular flexibility index (Phi) is 6.37. The lowest BCUT2D eigenvalue weighted by Gasteiger charge is -2.20. The van der Waals surface area contributed by atoms with Crippen molar-refractivity contribution in [1.29, 1.82) is 0 Å². The van der Waals surface area contributed by atoms with Crippen molar-refractivity contribution in [3.05, 3.63) is 82.6 Å². The number of carbonyl (C=O) groups is 1. The predicted molar refractivity (Wildman–Crippen MR) is 127 cm³/mol. The number of fused-ring (bicyclic) bond motifs is 1. The van der Waals surface area contributed by atoms with Gasteiger partial charge in [0.05, 0.1) is 22.5 Å². The molecule has 4 aromatic rings. The van der Waals surface area contributed by atoms with E-state index in [-0.39, 0.29) is 5.91 Å². The van der Waals surface area contributed by atoms with Crippen LogP contribution >= 0.6 is 34.7 Å². The Labute approximate surface area is 188 Å². The SMILES string of the molecule is CCSc1cccc(C(=O)N(Cc2ccccn2)c2nc3c(C)c(Cl)ccc3s2)c1. The predicted octanol–water partition coefficient (Wildman–Crippen LogP) is 6.61. The van der Waals surface area contributed by atoms with E-state index in [1.54, 1.807) is 22.9 Å². The molecule has 0 unspecified atom stereocenters. The Balaban J connectivity index is 1.77. The summed E-state index contributed by atoms with van der Waals surface area (Å²) in [4.78, 5) is 25.5. The first-order valence-corrected chi connectivity index (χ1v) is 11.7. The minimum absolute atomic E-state index is 0.0954. The van der Waals surface area contributed by atoms with E-state index in [9.17, 15) is 4.79 Å². The maximum Gasteiger partial charge on any atom is 0.260 e. The second kappa shape index (κ2) is 9.16. The van der Waals surface area contributed by atoms with Gasteiger partial charge in [0.15, 0.2) is 5.13 Å². The van der Waals surface area contributed by atoms with E-state index in [1.165, 1.54) is 11.3 Å². The molecule has 0 bridgehead atoms. The first-order chi connectivity index (χ1) is 14.6. The van der Waals surface area contributed by atoms with Gasteiger partial charge < -0.3 is 0 Å². The Morgan fingerprint density at radius 3 is 2.80 bits per heavy atom. The number of thioether (sulfide) groups is 1. The molecule has 0 aliphatic carbocycles. The normalized spacial score (nSPS) is 11.0. The van der Waals surface area contributed by atoms with Crippen molar-refractivity contribution < 1.29 is 4.79 Å². The van der Waals surface area contributed by atoms with Crippen molar-refractivity contribution in [2.45, 2.75) is 25.3 Å². The molecule has 0 fully saturated rings. The zero-order chi connectivity index (χ0) is 21.1. The fraction of sp³-hybridized carbons (Fsp3) is 0.174. The highest BCUT2D eigenvalue weighted by Crippen LogP contribution is 2.35. The van der Waals surface area contributed by atoms with Crippen LogP contribution in [0.3, 0.4) is 0 Å². The lowest BCUT2D eigenvalue weighted by atomic mass is 10.2. The second-order valence-electron chi connectivity index (χ2n) is 6.69. The van der Waals surface area contributed by atoms with Crippen LogP contribution in [0.25, 0.3) is 10.2 Å². The first kappa shape index (κ1) is 20.8. The zero-order valence-electron chi connectivity index (χ0n) is 16.6. The molecule has 4 nitrogen and oxygen atoms in total. The lowest BCUT2D eigenvalue weighted by molar-refractivity contribution is 0.0984. The molecule has 0 aliphatic rings. The summed E-state index contributed by atoms with van der Waals surface area (Å²) in [6, 6.07) is 17.3. The number of rotatable bonds is 6. The molecule has 152 valence electrons. The molecule has 0 N–H and O–H groups in total. The van der Waals surface area contributed by atoms with Gasteiger partial charge in [-0.15, -0.1) is 11.8 Å². The molecule has 2 aromatic carbocycles. The number of anilines is 1. The first-order valence-electron chi connectivity index (χ1n) is 9.57. The number of hydrogen-bond donors (Lipinski definition) is 0. The van der Waals surface area contributed by atoms with Crippen molar-refractivity contribution in [2.75, 3.05) is 10.7 Å². The molecule has 0 saturated heterocycles. The Morgan fingerprint density at radius 1 is 1.17 bits per heavy atom. The van der Waals surface area contributed by atoms with Crippen LogP contribution in [0.5, 0.6) is 0 Å². The van der Waals surface area contributed by atoms with Gasteiger partial charge in [0.1, 0.15) is 0 Å². The van der Waals surface area contributed by atoms with Gasteiger partial charge in [-0.3, -0.25) is 14.7 Å². The molecular weight excluding hydrogens is 434 g/mol. The molecule has 4 rings (SSSR count). The average molecular weight is 454 g/mol. The smallest absolute Gasteiger partial charge is 0.260 e. The molecule has 0 radical (unpaired) electrons. The largest absolute Gasteiger partial charge is 0.278 e. The summed E-state index contributed by atoms with van der Waals surface area (Å²) < 4.78 is 1.00. The van der Waals surface area contributed by atoms with E-state index in [2.05, 4.69) is 11.9 Å². The summed E-state index contributed by atoms with van der Waals surface area (Å²) >= 11 is 9.49. The maximum atomic E-state index is 13.6. The molecule has 0 aliphatic heterocycles. The Bertz CT molecular complexity index is 1190. The number of carbonyl (C=O) groups excluding carboxylic acids is 1. The average Bonchev–Trinajstić information content (AvgIpc) is 3.20. The zero-order valence-corrected chi connectivity index (χ0v) is 19.0. The summed E-state index contributed by atoms with van der Waals surface area (Å²) in [5.41, 5.74) is 3.19. The third-order valence-corrected chi connectivity index (χ3v) is 6.98. The van der Waals surface area contributed by atoms with Crippen LogP contribution < -0.4 is 4.90 Å². The quantitative estimate of drug-likeness (QED) is 0.308. The van der Waals surface area contributed by atoms with Gasteiger partial charge in [0.2, 0.25) is 0 Å². The van der Waals surface area contributed by atoms with Crippen molar-refractivity contribution in [3.8, 4) is 0 Å². The number of aromatic nitrogens is 2. The van der Waals surface area contributed by atoms with Crippen molar-refractivity contribution in [3.63, 3.8) is 0 Å². The van der Waals surface area contributed by atoms with Crippen LogP contribution in [0.15, 0.2) is 65.7 Å². The van der Waals surface area contributed by atoms with Crippen LogP contribution in [-0.4, -0.2) is 21.6 Å². The van der Waals surface area contributed by atoms with Crippen LogP contribution in [-0.2, 0) is 6.54 Å². The van der Waals surface area contributed by atoms with Crippen molar-refractivity contribution >= 4 is 56.0 Å². The van der Waals surface area contributed by atoms with Crippen LogP contribution in [0, 0.1) is 6.92 Å². The number of amides is 1. The van der Waals surface area contributed by atoms with Gasteiger partial charge in [0.25, 0.3) is 5.91 Å². The molecule has 30 heavy (non-hydrogen) atoms. The second-order valence-corrected chi connectivity index (χ2v) is 9.44. The molecule has 0 saturated carbocycles. The Morgan fingerprint density at radius 2 is 2.03 bits per heavy atom. The van der Waals surface area contributed by atoms with Gasteiger partial charge in [0, 0.05) is 21.7 Å². The summed E-state index contributed by atoms with van der Waals surface area (Å²) in [6.07, 6.45) is 1.73. The van der Waals surface area contributed by atoms with Crippen molar-refractivity contribution in [1.82, 2.24) is 9.97 Å². The highest BCUT2D eigenvalue weighted by molar-refractivity contribution is 7.99. The number of benzene rings is 2. The number of halogens is 1. The molecule has 0 spiro atoms. The number of aryl methyl sites for hydroxylation is 1. The summed E-state index contributed by atoms with van der Waals surface area (Å²) in [5, 5.41) is 1.31. The van der Waals surface area contributed by atoms with Gasteiger partial charge in [-0.1, -0.05) is 42.0 Å².